The van der Waals surface area contributed by atoms with E-state index in [1.54, 1.807) is 12.1 Å². The van der Waals surface area contributed by atoms with Crippen molar-refractivity contribution in [3.63, 3.8) is 0 Å². The van der Waals surface area contributed by atoms with Crippen LogP contribution in [0.5, 0.6) is 5.75 Å². The van der Waals surface area contributed by atoms with Crippen LogP contribution in [-0.4, -0.2) is 44.5 Å². The molecule has 166 valence electrons. The van der Waals surface area contributed by atoms with Gasteiger partial charge in [0, 0.05) is 25.2 Å². The lowest BCUT2D eigenvalue weighted by Gasteiger charge is -2.29. The molecule has 0 aliphatic carbocycles. The molecule has 0 radical (unpaired) electrons. The van der Waals surface area contributed by atoms with Gasteiger partial charge < -0.3 is 15.0 Å². The van der Waals surface area contributed by atoms with Gasteiger partial charge in [0.05, 0.1) is 10.6 Å². The number of rotatable bonds is 5. The van der Waals surface area contributed by atoms with Crippen LogP contribution in [0.4, 0.5) is 5.69 Å². The molecular weight excluding hydrogens is 438 g/mol. The Balaban J connectivity index is 1.72. The number of halogens is 1. The molecule has 0 saturated carbocycles. The van der Waals surface area contributed by atoms with E-state index < -0.39 is 16.1 Å². The van der Waals surface area contributed by atoms with Gasteiger partial charge in [0.25, 0.3) is 0 Å². The van der Waals surface area contributed by atoms with E-state index >= 15 is 0 Å². The highest BCUT2D eigenvalue weighted by Crippen LogP contribution is 2.37. The molecule has 2 atom stereocenters. The summed E-state index contributed by atoms with van der Waals surface area (Å²) in [4.78, 5) is 14.9. The normalized spacial score (nSPS) is 21.4. The molecule has 1 fully saturated rings. The number of sulfonamides is 1. The first-order valence-corrected chi connectivity index (χ1v) is 12.2. The lowest BCUT2D eigenvalue weighted by molar-refractivity contribution is -0.124. The van der Waals surface area contributed by atoms with Gasteiger partial charge in [-0.3, -0.25) is 4.79 Å². The Morgan fingerprint density at radius 1 is 1.19 bits per heavy atom. The summed E-state index contributed by atoms with van der Waals surface area (Å²) in [5.41, 5.74) is 1.69. The van der Waals surface area contributed by atoms with Crippen molar-refractivity contribution in [3.8, 4) is 5.75 Å². The van der Waals surface area contributed by atoms with Crippen LogP contribution in [0.15, 0.2) is 47.4 Å². The fourth-order valence-electron chi connectivity index (χ4n) is 3.98. The highest BCUT2D eigenvalue weighted by Gasteiger charge is 2.37. The van der Waals surface area contributed by atoms with Crippen LogP contribution in [0.25, 0.3) is 0 Å². The minimum Gasteiger partial charge on any atom is -0.469 e. The van der Waals surface area contributed by atoms with E-state index in [9.17, 15) is 13.2 Å². The van der Waals surface area contributed by atoms with Gasteiger partial charge in [-0.2, -0.15) is 4.31 Å². The predicted molar refractivity (Wildman–Crippen MR) is 120 cm³/mol. The minimum atomic E-state index is -3.93. The van der Waals surface area contributed by atoms with E-state index in [1.165, 1.54) is 16.4 Å². The molecule has 2 heterocycles. The van der Waals surface area contributed by atoms with Crippen LogP contribution in [0, 0.1) is 0 Å². The Morgan fingerprint density at radius 2 is 1.94 bits per heavy atom. The van der Waals surface area contributed by atoms with Gasteiger partial charge >= 0.3 is 0 Å². The Morgan fingerprint density at radius 3 is 2.68 bits per heavy atom. The fraction of sp³-hybridized carbons (Fsp3) is 0.409. The molecule has 9 heteroatoms. The third-order valence-corrected chi connectivity index (χ3v) is 7.98. The Hall–Kier alpha value is -2.29. The summed E-state index contributed by atoms with van der Waals surface area (Å²) in [5.74, 6) is 0.503. The molecular formula is C22H26ClN3O4S. The molecule has 2 aromatic carbocycles. The molecule has 31 heavy (non-hydrogen) atoms. The van der Waals surface area contributed by atoms with Crippen molar-refractivity contribution in [1.29, 1.82) is 0 Å². The van der Waals surface area contributed by atoms with Crippen molar-refractivity contribution in [2.75, 3.05) is 18.5 Å². The quantitative estimate of drug-likeness (QED) is 0.735. The zero-order valence-electron chi connectivity index (χ0n) is 17.5. The summed E-state index contributed by atoms with van der Waals surface area (Å²) < 4.78 is 34.4. The van der Waals surface area contributed by atoms with Gasteiger partial charge in [0.2, 0.25) is 15.9 Å². The number of nitrogens with one attached hydrogen (secondary N) is 1. The molecule has 0 bridgehead atoms. The number of hydrogen-bond acceptors (Lipinski definition) is 5. The number of hydrogen-bond donors (Lipinski definition) is 1. The van der Waals surface area contributed by atoms with Gasteiger partial charge in [-0.25, -0.2) is 8.42 Å². The summed E-state index contributed by atoms with van der Waals surface area (Å²) in [6, 6.07) is 10.9. The van der Waals surface area contributed by atoms with Crippen molar-refractivity contribution in [1.82, 2.24) is 9.62 Å². The third kappa shape index (κ3) is 4.37. The lowest BCUT2D eigenvalue weighted by atomic mass is 10.1. The maximum Gasteiger partial charge on any atom is 0.244 e. The van der Waals surface area contributed by atoms with Crippen molar-refractivity contribution in [2.24, 2.45) is 0 Å². The summed E-state index contributed by atoms with van der Waals surface area (Å²) >= 11 is 5.96. The summed E-state index contributed by atoms with van der Waals surface area (Å²) in [5, 5.41) is 3.31. The molecule has 7 nitrogen and oxygen atoms in total. The topological polar surface area (TPSA) is 79.0 Å². The molecule has 0 spiro atoms. The Kier molecular flexibility index (Phi) is 6.14. The number of amides is 1. The van der Waals surface area contributed by atoms with Crippen LogP contribution in [0.2, 0.25) is 5.02 Å². The first kappa shape index (κ1) is 21.9. The molecule has 2 aliphatic heterocycles. The highest BCUT2D eigenvalue weighted by atomic mass is 35.5. The number of fused-ring (bicyclic) bond motifs is 1. The van der Waals surface area contributed by atoms with Crippen LogP contribution in [-0.2, 0) is 21.4 Å². The van der Waals surface area contributed by atoms with Crippen molar-refractivity contribution in [2.45, 2.75) is 49.9 Å². The lowest BCUT2D eigenvalue weighted by Crippen LogP contribution is -2.48. The van der Waals surface area contributed by atoms with Gasteiger partial charge in [0.1, 0.15) is 11.8 Å². The van der Waals surface area contributed by atoms with Gasteiger partial charge in [-0.1, -0.05) is 17.7 Å². The Labute approximate surface area is 188 Å². The van der Waals surface area contributed by atoms with E-state index in [-0.39, 0.29) is 23.6 Å². The van der Waals surface area contributed by atoms with E-state index in [4.69, 9.17) is 16.3 Å². The second-order valence-corrected chi connectivity index (χ2v) is 10.3. The number of carbonyl (C=O) groups excluding carboxylic acids is 1. The molecule has 1 saturated heterocycles. The first-order chi connectivity index (χ1) is 14.8. The SMILES string of the molecule is CC1Oc2ccc(CN([C@@H]3CCCCNC3=O)S(=O)(=O)c3ccc(Cl)cc3)cc2N1C. The molecule has 4 rings (SSSR count). The van der Waals surface area contributed by atoms with Crippen LogP contribution in [0.1, 0.15) is 31.7 Å². The smallest absolute Gasteiger partial charge is 0.244 e. The van der Waals surface area contributed by atoms with E-state index in [0.29, 0.717) is 18.0 Å². The van der Waals surface area contributed by atoms with Crippen LogP contribution < -0.4 is 15.0 Å². The molecule has 0 aromatic heterocycles. The average Bonchev–Trinajstić information content (AvgIpc) is 2.89. The number of nitrogens with zero attached hydrogens (tertiary/aromatic N) is 2. The standard InChI is InChI=1S/C22H26ClN3O4S/c1-15-25(2)20-13-16(6-11-21(20)30-15)14-26(19-5-3-4-12-24-22(19)27)31(28,29)18-9-7-17(23)8-10-18/h6-11,13,15,19H,3-5,12,14H2,1-2H3,(H,24,27)/t15?,19-/m1/s1. The van der Waals surface area contributed by atoms with E-state index in [1.807, 2.05) is 37.1 Å². The number of benzene rings is 2. The molecule has 1 unspecified atom stereocenters. The summed E-state index contributed by atoms with van der Waals surface area (Å²) in [7, 11) is -2.00. The predicted octanol–water partition coefficient (Wildman–Crippen LogP) is 3.37. The monoisotopic (exact) mass is 463 g/mol. The van der Waals surface area contributed by atoms with Crippen molar-refractivity contribution in [3.05, 3.63) is 53.1 Å². The average molecular weight is 464 g/mol. The van der Waals surface area contributed by atoms with E-state index in [0.717, 1.165) is 29.8 Å². The Bertz CT molecular complexity index is 1070. The van der Waals surface area contributed by atoms with Gasteiger partial charge in [0.15, 0.2) is 6.23 Å². The first-order valence-electron chi connectivity index (χ1n) is 10.3. The molecule has 2 aliphatic rings. The van der Waals surface area contributed by atoms with Crippen molar-refractivity contribution >= 4 is 33.2 Å². The van der Waals surface area contributed by atoms with Gasteiger partial charge in [-0.05, 0) is 68.1 Å². The minimum absolute atomic E-state index is 0.0819. The molecule has 1 amide bonds. The summed E-state index contributed by atoms with van der Waals surface area (Å²) in [6.45, 7) is 2.59. The number of anilines is 1. The zero-order chi connectivity index (χ0) is 22.2. The number of carbonyl (C=O) groups is 1. The largest absolute Gasteiger partial charge is 0.469 e. The highest BCUT2D eigenvalue weighted by molar-refractivity contribution is 7.89. The molecule has 2 aromatic rings. The number of ether oxygens (including phenoxy) is 1. The zero-order valence-corrected chi connectivity index (χ0v) is 19.1. The maximum atomic E-state index is 13.6. The van der Waals surface area contributed by atoms with Crippen LogP contribution >= 0.6 is 11.6 Å². The molecule has 1 N–H and O–H groups in total. The maximum absolute atomic E-state index is 13.6. The van der Waals surface area contributed by atoms with Gasteiger partial charge in [-0.15, -0.1) is 0 Å². The second kappa shape index (κ2) is 8.68. The van der Waals surface area contributed by atoms with E-state index in [2.05, 4.69) is 5.32 Å². The second-order valence-electron chi connectivity index (χ2n) is 7.94. The third-order valence-electron chi connectivity index (χ3n) is 5.86. The fourth-order valence-corrected chi connectivity index (χ4v) is 5.71. The van der Waals surface area contributed by atoms with Crippen molar-refractivity contribution < 1.29 is 17.9 Å². The summed E-state index contributed by atoms with van der Waals surface area (Å²) in [6.07, 6.45) is 1.99. The van der Waals surface area contributed by atoms with Crippen LogP contribution in [0.3, 0.4) is 0 Å².